The van der Waals surface area contributed by atoms with Crippen LogP contribution in [0.4, 0.5) is 18.9 Å². The van der Waals surface area contributed by atoms with E-state index in [1.54, 1.807) is 6.92 Å². The number of aliphatic carboxylic acids is 1. The maximum atomic E-state index is 12.2. The van der Waals surface area contributed by atoms with Crippen molar-refractivity contribution in [2.75, 3.05) is 12.0 Å². The fraction of sp³-hybridized carbons (Fsp3) is 0.357. The molecule has 0 aliphatic carbocycles. The van der Waals surface area contributed by atoms with Gasteiger partial charge in [-0.05, 0) is 19.1 Å². The van der Waals surface area contributed by atoms with Crippen molar-refractivity contribution in [2.24, 2.45) is 5.10 Å². The Hall–Kier alpha value is -2.78. The molecule has 24 heavy (non-hydrogen) atoms. The third-order valence-corrected chi connectivity index (χ3v) is 2.47. The lowest BCUT2D eigenvalue weighted by Gasteiger charge is -2.10. The summed E-state index contributed by atoms with van der Waals surface area (Å²) >= 11 is 0. The van der Waals surface area contributed by atoms with Gasteiger partial charge in [0.1, 0.15) is 11.5 Å². The summed E-state index contributed by atoms with van der Waals surface area (Å²) in [5.74, 6) is -2.41. The highest BCUT2D eigenvalue weighted by Gasteiger charge is 2.31. The maximum Gasteiger partial charge on any atom is 0.573 e. The molecular formula is C14H15F3N2O5. The first kappa shape index (κ1) is 19.3. The fourth-order valence-corrected chi connectivity index (χ4v) is 1.54. The lowest BCUT2D eigenvalue weighted by atomic mass is 10.2. The molecule has 0 fully saturated rings. The van der Waals surface area contributed by atoms with Gasteiger partial charge in [0, 0.05) is 12.5 Å². The molecule has 1 rings (SSSR count). The molecule has 0 atom stereocenters. The minimum absolute atomic E-state index is 0.0693. The van der Waals surface area contributed by atoms with E-state index < -0.39 is 24.1 Å². The molecular weight excluding hydrogens is 333 g/mol. The first-order valence-corrected chi connectivity index (χ1v) is 6.78. The second-order valence-corrected chi connectivity index (χ2v) is 4.36. The topological polar surface area (TPSA) is 97.2 Å². The summed E-state index contributed by atoms with van der Waals surface area (Å²) < 4.78 is 45.0. The Morgan fingerprint density at radius 3 is 2.58 bits per heavy atom. The molecule has 0 amide bonds. The van der Waals surface area contributed by atoms with Gasteiger partial charge in [0.25, 0.3) is 0 Å². The number of nitrogens with one attached hydrogen (secondary N) is 1. The molecule has 0 aromatic heterocycles. The van der Waals surface area contributed by atoms with Gasteiger partial charge in [-0.15, -0.1) is 13.2 Å². The van der Waals surface area contributed by atoms with E-state index in [4.69, 9.17) is 9.84 Å². The average Bonchev–Trinajstić information content (AvgIpc) is 2.45. The standard InChI is InChI=1S/C14H15F3N2O5/c1-2-23-13(22)11(6-7-12(20)21)19-18-9-4-3-5-10(8-9)24-14(15,16)17/h3-5,8,18H,2,6-7H2,1H3,(H,20,21). The van der Waals surface area contributed by atoms with Crippen molar-refractivity contribution in [3.8, 4) is 5.75 Å². The number of rotatable bonds is 8. The number of carboxylic acid groups (broad SMARTS) is 1. The van der Waals surface area contributed by atoms with Crippen LogP contribution in [0.25, 0.3) is 0 Å². The van der Waals surface area contributed by atoms with Gasteiger partial charge in [-0.3, -0.25) is 10.2 Å². The molecule has 7 nitrogen and oxygen atoms in total. The molecule has 1 aromatic rings. The van der Waals surface area contributed by atoms with Crippen molar-refractivity contribution < 1.29 is 37.3 Å². The van der Waals surface area contributed by atoms with Crippen molar-refractivity contribution in [3.05, 3.63) is 24.3 Å². The minimum Gasteiger partial charge on any atom is -0.481 e. The van der Waals surface area contributed by atoms with E-state index in [1.165, 1.54) is 12.1 Å². The van der Waals surface area contributed by atoms with Crippen LogP contribution in [0.3, 0.4) is 0 Å². The summed E-state index contributed by atoms with van der Waals surface area (Å²) in [5.41, 5.74) is 2.31. The van der Waals surface area contributed by atoms with E-state index in [1.807, 2.05) is 0 Å². The Morgan fingerprint density at radius 1 is 1.29 bits per heavy atom. The van der Waals surface area contributed by atoms with Gasteiger partial charge in [0.05, 0.1) is 18.7 Å². The molecule has 0 spiro atoms. The van der Waals surface area contributed by atoms with Crippen molar-refractivity contribution in [3.63, 3.8) is 0 Å². The molecule has 0 heterocycles. The Balaban J connectivity index is 2.85. The van der Waals surface area contributed by atoms with E-state index in [0.717, 1.165) is 12.1 Å². The molecule has 0 saturated carbocycles. The summed E-state index contributed by atoms with van der Waals surface area (Å²) in [7, 11) is 0. The zero-order chi connectivity index (χ0) is 18.2. The van der Waals surface area contributed by atoms with Crippen LogP contribution in [0.1, 0.15) is 19.8 Å². The van der Waals surface area contributed by atoms with Crippen molar-refractivity contribution in [1.29, 1.82) is 0 Å². The summed E-state index contributed by atoms with van der Waals surface area (Å²) in [4.78, 5) is 22.3. The predicted octanol–water partition coefficient (Wildman–Crippen LogP) is 2.78. The number of halogens is 3. The zero-order valence-electron chi connectivity index (χ0n) is 12.6. The molecule has 0 radical (unpaired) electrons. The van der Waals surface area contributed by atoms with Crippen molar-refractivity contribution >= 4 is 23.3 Å². The first-order valence-electron chi connectivity index (χ1n) is 6.78. The maximum absolute atomic E-state index is 12.2. The van der Waals surface area contributed by atoms with Gasteiger partial charge in [0.2, 0.25) is 0 Å². The molecule has 2 N–H and O–H groups in total. The lowest BCUT2D eigenvalue weighted by Crippen LogP contribution is -2.20. The van der Waals surface area contributed by atoms with Gasteiger partial charge >= 0.3 is 18.3 Å². The van der Waals surface area contributed by atoms with Gasteiger partial charge in [-0.25, -0.2) is 4.79 Å². The monoisotopic (exact) mass is 348 g/mol. The molecule has 0 bridgehead atoms. The van der Waals surface area contributed by atoms with Crippen LogP contribution in [-0.4, -0.2) is 35.7 Å². The van der Waals surface area contributed by atoms with Gasteiger partial charge in [-0.2, -0.15) is 5.10 Å². The second kappa shape index (κ2) is 8.75. The van der Waals surface area contributed by atoms with E-state index in [9.17, 15) is 22.8 Å². The van der Waals surface area contributed by atoms with Crippen LogP contribution in [-0.2, 0) is 14.3 Å². The van der Waals surface area contributed by atoms with Crippen LogP contribution < -0.4 is 10.2 Å². The molecule has 1 aromatic carbocycles. The van der Waals surface area contributed by atoms with E-state index in [0.29, 0.717) is 0 Å². The molecule has 10 heteroatoms. The third-order valence-electron chi connectivity index (χ3n) is 2.47. The third kappa shape index (κ3) is 7.47. The number of anilines is 1. The molecule has 0 aliphatic heterocycles. The number of carboxylic acids is 1. The Bertz CT molecular complexity index is 617. The number of hydrazone groups is 1. The molecule has 132 valence electrons. The van der Waals surface area contributed by atoms with Crippen LogP contribution in [0.15, 0.2) is 29.4 Å². The number of carbonyl (C=O) groups excluding carboxylic acids is 1. The highest BCUT2D eigenvalue weighted by atomic mass is 19.4. The lowest BCUT2D eigenvalue weighted by molar-refractivity contribution is -0.274. The number of benzene rings is 1. The van der Waals surface area contributed by atoms with Crippen molar-refractivity contribution in [2.45, 2.75) is 26.1 Å². The van der Waals surface area contributed by atoms with Gasteiger partial charge < -0.3 is 14.6 Å². The van der Waals surface area contributed by atoms with Gasteiger partial charge in [-0.1, -0.05) is 6.07 Å². The summed E-state index contributed by atoms with van der Waals surface area (Å²) in [6, 6.07) is 4.81. The number of ether oxygens (including phenoxy) is 2. The summed E-state index contributed by atoms with van der Waals surface area (Å²) in [6.07, 6.45) is -5.38. The highest BCUT2D eigenvalue weighted by molar-refractivity contribution is 6.36. The summed E-state index contributed by atoms with van der Waals surface area (Å²) in [6.45, 7) is 1.64. The second-order valence-electron chi connectivity index (χ2n) is 4.36. The molecule has 0 unspecified atom stereocenters. The Labute approximate surface area is 135 Å². The first-order chi connectivity index (χ1) is 11.2. The number of alkyl halides is 3. The highest BCUT2D eigenvalue weighted by Crippen LogP contribution is 2.25. The van der Waals surface area contributed by atoms with Crippen molar-refractivity contribution in [1.82, 2.24) is 0 Å². The van der Waals surface area contributed by atoms with Crippen LogP contribution in [0.5, 0.6) is 5.75 Å². The number of hydrogen-bond acceptors (Lipinski definition) is 6. The number of nitrogens with zero attached hydrogens (tertiary/aromatic N) is 1. The van der Waals surface area contributed by atoms with Crippen LogP contribution in [0, 0.1) is 0 Å². The van der Waals surface area contributed by atoms with Crippen LogP contribution >= 0.6 is 0 Å². The van der Waals surface area contributed by atoms with Crippen LogP contribution in [0.2, 0.25) is 0 Å². The fourth-order valence-electron chi connectivity index (χ4n) is 1.54. The van der Waals surface area contributed by atoms with E-state index in [2.05, 4.69) is 15.3 Å². The number of hydrogen-bond donors (Lipinski definition) is 2. The largest absolute Gasteiger partial charge is 0.573 e. The zero-order valence-corrected chi connectivity index (χ0v) is 12.6. The SMILES string of the molecule is CCOC(=O)C(CCC(=O)O)=NNc1cccc(OC(F)(F)F)c1. The minimum atomic E-state index is -4.83. The number of carbonyl (C=O) groups is 2. The van der Waals surface area contributed by atoms with Gasteiger partial charge in [0.15, 0.2) is 0 Å². The number of esters is 1. The Kier molecular flexibility index (Phi) is 7.02. The molecule has 0 saturated heterocycles. The molecule has 0 aliphatic rings. The Morgan fingerprint density at radius 2 is 2.00 bits per heavy atom. The normalized spacial score (nSPS) is 11.8. The average molecular weight is 348 g/mol. The quantitative estimate of drug-likeness (QED) is 0.426. The summed E-state index contributed by atoms with van der Waals surface area (Å²) in [5, 5.41) is 12.4. The van der Waals surface area contributed by atoms with E-state index >= 15 is 0 Å². The predicted molar refractivity (Wildman–Crippen MR) is 77.7 cm³/mol. The van der Waals surface area contributed by atoms with E-state index in [-0.39, 0.29) is 30.8 Å². The smallest absolute Gasteiger partial charge is 0.481 e.